The smallest absolute Gasteiger partial charge is 0.196 e. The lowest BCUT2D eigenvalue weighted by molar-refractivity contribution is 0.102. The maximum absolute atomic E-state index is 6.68. The van der Waals surface area contributed by atoms with Crippen molar-refractivity contribution in [1.82, 2.24) is 25.6 Å². The average molecular weight is 601 g/mol. The monoisotopic (exact) mass is 600 g/mol. The number of anilines is 1. The summed E-state index contributed by atoms with van der Waals surface area (Å²) in [5.41, 5.74) is 8.23. The third-order valence-electron chi connectivity index (χ3n) is 9.48. The molecule has 46 heavy (non-hydrogen) atoms. The summed E-state index contributed by atoms with van der Waals surface area (Å²) in [5.74, 6) is 2.27. The highest BCUT2D eigenvalue weighted by atomic mass is 16.5. The molecule has 2 aliphatic carbocycles. The summed E-state index contributed by atoms with van der Waals surface area (Å²) < 4.78 is 6.68. The Morgan fingerprint density at radius 2 is 1.61 bits per heavy atom. The van der Waals surface area contributed by atoms with Crippen LogP contribution in [0, 0.1) is 11.8 Å². The molecule has 5 aliphatic rings. The number of nitrogens with one attached hydrogen (secondary N) is 2. The molecule has 0 bridgehead atoms. The average Bonchev–Trinajstić information content (AvgIpc) is 3.72. The molecule has 1 fully saturated rings. The fourth-order valence-corrected chi connectivity index (χ4v) is 7.32. The summed E-state index contributed by atoms with van der Waals surface area (Å²) in [4.78, 5) is 16.8. The van der Waals surface area contributed by atoms with Gasteiger partial charge in [0, 0.05) is 47.2 Å². The third-order valence-corrected chi connectivity index (χ3v) is 9.48. The minimum atomic E-state index is -0.173. The molecule has 7 nitrogen and oxygen atoms in total. The molecule has 0 amide bonds. The number of pyridine rings is 1. The van der Waals surface area contributed by atoms with Crippen molar-refractivity contribution in [1.29, 1.82) is 0 Å². The summed E-state index contributed by atoms with van der Waals surface area (Å²) >= 11 is 0. The number of hydrogen-bond acceptors (Lipinski definition) is 7. The number of fused-ring (bicyclic) bond motifs is 4. The van der Waals surface area contributed by atoms with Crippen molar-refractivity contribution >= 4 is 11.3 Å². The van der Waals surface area contributed by atoms with Crippen LogP contribution in [0.5, 0.6) is 0 Å². The van der Waals surface area contributed by atoms with Gasteiger partial charge in [-0.15, -0.1) is 0 Å². The Bertz CT molecular complexity index is 1980. The first kappa shape index (κ1) is 26.7. The van der Waals surface area contributed by atoms with Crippen LogP contribution >= 0.6 is 0 Å². The summed E-state index contributed by atoms with van der Waals surface area (Å²) in [6.45, 7) is 0.773. The van der Waals surface area contributed by atoms with Crippen LogP contribution in [-0.4, -0.2) is 33.6 Å². The zero-order valence-corrected chi connectivity index (χ0v) is 25.1. The largest absolute Gasteiger partial charge is 0.468 e. The Balaban J connectivity index is 1.05. The number of nitrogens with zero attached hydrogens (tertiary/aromatic N) is 4. The molecule has 5 unspecified atom stereocenters. The van der Waals surface area contributed by atoms with Crippen molar-refractivity contribution in [2.45, 2.75) is 18.3 Å². The van der Waals surface area contributed by atoms with Gasteiger partial charge in [-0.25, -0.2) is 9.97 Å². The molecular formula is C39H32N6O. The van der Waals surface area contributed by atoms with E-state index in [0.29, 0.717) is 11.7 Å². The second-order valence-corrected chi connectivity index (χ2v) is 12.1. The Labute approximate surface area is 268 Å². The first-order chi connectivity index (χ1) is 22.8. The number of dihydropyridines is 1. The number of ether oxygens (including phenoxy) is 1. The van der Waals surface area contributed by atoms with E-state index in [9.17, 15) is 0 Å². The van der Waals surface area contributed by atoms with Crippen LogP contribution in [0.2, 0.25) is 0 Å². The van der Waals surface area contributed by atoms with Crippen molar-refractivity contribution in [3.63, 3.8) is 0 Å². The summed E-state index contributed by atoms with van der Waals surface area (Å²) in [7, 11) is 0. The molecule has 0 spiro atoms. The lowest BCUT2D eigenvalue weighted by Gasteiger charge is -2.32. The Kier molecular flexibility index (Phi) is 6.40. The van der Waals surface area contributed by atoms with Gasteiger partial charge in [-0.3, -0.25) is 4.98 Å². The SMILES string of the molecule is C1=CC2C3C4=C(C=CC3N(c3ccc(-c5nc(C6=CCNC=C6)cc(-c6ccncc6)n5)cc3)C2C=C1)NC(c1ccccc1)O4. The van der Waals surface area contributed by atoms with Crippen LogP contribution in [0.25, 0.3) is 28.2 Å². The predicted molar refractivity (Wildman–Crippen MR) is 181 cm³/mol. The minimum absolute atomic E-state index is 0.167. The standard InChI is InChI=1S/C39H32N6O/c1-2-6-28(7-3-1)39-44-31-14-15-35-36(37(31)46-39)30-8-4-5-9-34(30)45(35)29-12-10-27(11-13-29)38-42-32(25-16-20-40-21-17-25)24-33(43-38)26-18-22-41-23-19-26/h1-22,24,30,34-36,39,41,44H,23H2. The molecule has 4 aromatic rings. The molecule has 2 aromatic heterocycles. The van der Waals surface area contributed by atoms with Gasteiger partial charge in [0.15, 0.2) is 12.1 Å². The van der Waals surface area contributed by atoms with Gasteiger partial charge < -0.3 is 20.3 Å². The molecule has 2 aromatic carbocycles. The summed E-state index contributed by atoms with van der Waals surface area (Å²) in [5, 5.41) is 6.85. The van der Waals surface area contributed by atoms with Crippen LogP contribution in [0.1, 0.15) is 17.5 Å². The maximum atomic E-state index is 6.68. The van der Waals surface area contributed by atoms with Crippen molar-refractivity contribution in [2.75, 3.05) is 11.4 Å². The van der Waals surface area contributed by atoms with Gasteiger partial charge in [0.05, 0.1) is 35.1 Å². The molecule has 5 atom stereocenters. The van der Waals surface area contributed by atoms with Crippen LogP contribution in [0.3, 0.4) is 0 Å². The van der Waals surface area contributed by atoms with E-state index in [1.54, 1.807) is 12.4 Å². The normalized spacial score (nSPS) is 25.3. The van der Waals surface area contributed by atoms with E-state index >= 15 is 0 Å². The fourth-order valence-electron chi connectivity index (χ4n) is 7.32. The molecule has 7 heteroatoms. The zero-order chi connectivity index (χ0) is 30.5. The zero-order valence-electron chi connectivity index (χ0n) is 25.1. The fraction of sp³-hybridized carbons (Fsp3) is 0.154. The Hall–Kier alpha value is -5.69. The minimum Gasteiger partial charge on any atom is -0.468 e. The van der Waals surface area contributed by atoms with Gasteiger partial charge in [0.2, 0.25) is 0 Å². The van der Waals surface area contributed by atoms with Gasteiger partial charge in [-0.1, -0.05) is 66.8 Å². The number of benzene rings is 2. The van der Waals surface area contributed by atoms with E-state index in [0.717, 1.165) is 51.7 Å². The molecule has 0 radical (unpaired) electrons. The van der Waals surface area contributed by atoms with E-state index in [-0.39, 0.29) is 24.2 Å². The second kappa shape index (κ2) is 11.0. The predicted octanol–water partition coefficient (Wildman–Crippen LogP) is 6.72. The third kappa shape index (κ3) is 4.55. The van der Waals surface area contributed by atoms with Crippen molar-refractivity contribution in [3.8, 4) is 22.6 Å². The van der Waals surface area contributed by atoms with E-state index in [1.165, 1.54) is 5.69 Å². The van der Waals surface area contributed by atoms with Gasteiger partial charge in [-0.05, 0) is 66.4 Å². The molecule has 3 aliphatic heterocycles. The molecule has 2 N–H and O–H groups in total. The van der Waals surface area contributed by atoms with Gasteiger partial charge in [0.25, 0.3) is 0 Å². The molecule has 5 heterocycles. The lowest BCUT2D eigenvalue weighted by Crippen LogP contribution is -2.37. The van der Waals surface area contributed by atoms with Crippen molar-refractivity contribution in [3.05, 3.63) is 163 Å². The number of hydrogen-bond donors (Lipinski definition) is 2. The molecule has 224 valence electrons. The number of aromatic nitrogens is 3. The van der Waals surface area contributed by atoms with Crippen LogP contribution in [0.15, 0.2) is 151 Å². The maximum Gasteiger partial charge on any atom is 0.196 e. The van der Waals surface area contributed by atoms with Crippen molar-refractivity contribution < 1.29 is 4.74 Å². The first-order valence-electron chi connectivity index (χ1n) is 15.8. The van der Waals surface area contributed by atoms with Crippen LogP contribution in [0.4, 0.5) is 5.69 Å². The van der Waals surface area contributed by atoms with E-state index in [1.807, 2.05) is 24.4 Å². The quantitative estimate of drug-likeness (QED) is 0.263. The van der Waals surface area contributed by atoms with E-state index in [2.05, 4.69) is 124 Å². The molecule has 0 saturated carbocycles. The molecular weight excluding hydrogens is 568 g/mol. The van der Waals surface area contributed by atoms with Gasteiger partial charge in [0.1, 0.15) is 5.76 Å². The summed E-state index contributed by atoms with van der Waals surface area (Å²) in [6, 6.07) is 25.5. The number of rotatable bonds is 5. The lowest BCUT2D eigenvalue weighted by atomic mass is 9.81. The first-order valence-corrected chi connectivity index (χ1v) is 15.8. The highest BCUT2D eigenvalue weighted by Gasteiger charge is 2.52. The highest BCUT2D eigenvalue weighted by Crippen LogP contribution is 2.50. The molecule has 1 saturated heterocycles. The number of allylic oxidation sites excluding steroid dienone is 5. The van der Waals surface area contributed by atoms with Crippen LogP contribution in [-0.2, 0) is 4.74 Å². The Morgan fingerprint density at radius 1 is 0.783 bits per heavy atom. The Morgan fingerprint density at radius 3 is 2.43 bits per heavy atom. The van der Waals surface area contributed by atoms with Crippen LogP contribution < -0.4 is 15.5 Å². The molecule has 9 rings (SSSR count). The highest BCUT2D eigenvalue weighted by molar-refractivity contribution is 5.77. The second-order valence-electron chi connectivity index (χ2n) is 12.1. The van der Waals surface area contributed by atoms with E-state index in [4.69, 9.17) is 14.7 Å². The van der Waals surface area contributed by atoms with Gasteiger partial charge in [-0.2, -0.15) is 0 Å². The van der Waals surface area contributed by atoms with E-state index < -0.39 is 0 Å². The van der Waals surface area contributed by atoms with Gasteiger partial charge >= 0.3 is 0 Å². The van der Waals surface area contributed by atoms with Crippen molar-refractivity contribution in [2.24, 2.45) is 11.8 Å². The summed E-state index contributed by atoms with van der Waals surface area (Å²) in [6.07, 6.45) is 23.2. The topological polar surface area (TPSA) is 75.2 Å².